The third kappa shape index (κ3) is 3.94. The number of fused-ring (bicyclic) bond motifs is 1. The summed E-state index contributed by atoms with van der Waals surface area (Å²) in [6.07, 6.45) is 2.56. The van der Waals surface area contributed by atoms with E-state index < -0.39 is 12.0 Å². The molecular formula is C24H31N3O3. The van der Waals surface area contributed by atoms with Crippen molar-refractivity contribution in [3.8, 4) is 5.69 Å². The van der Waals surface area contributed by atoms with Crippen LogP contribution in [0.1, 0.15) is 54.1 Å². The highest BCUT2D eigenvalue weighted by Gasteiger charge is 2.39. The number of carbonyl (C=O) groups is 1. The predicted molar refractivity (Wildman–Crippen MR) is 117 cm³/mol. The van der Waals surface area contributed by atoms with Crippen molar-refractivity contribution in [2.45, 2.75) is 51.7 Å². The number of rotatable bonds is 4. The quantitative estimate of drug-likeness (QED) is 0.724. The molecule has 30 heavy (non-hydrogen) atoms. The number of aryl methyl sites for hydroxylation is 1. The predicted octanol–water partition coefficient (Wildman–Crippen LogP) is 2.36. The summed E-state index contributed by atoms with van der Waals surface area (Å²) in [6.45, 7) is 7.85. The summed E-state index contributed by atoms with van der Waals surface area (Å²) in [5.74, 6) is 0.874. The Hall–Kier alpha value is -2.44. The SMILES string of the molecule is Cc1ccn(-c2cccc(C(C)C)c2)c(=O)c1C(=O)N[C@H]1C[C@H]2CNC[C@H]2C[C@@H]1O. The average molecular weight is 410 g/mol. The normalized spacial score (nSPS) is 25.9. The van der Waals surface area contributed by atoms with Gasteiger partial charge in [-0.25, -0.2) is 0 Å². The molecule has 1 aromatic heterocycles. The Morgan fingerprint density at radius 2 is 1.93 bits per heavy atom. The number of amides is 1. The van der Waals surface area contributed by atoms with E-state index in [-0.39, 0.29) is 17.2 Å². The smallest absolute Gasteiger partial charge is 0.268 e. The number of aliphatic hydroxyl groups is 1. The molecule has 1 aliphatic carbocycles. The zero-order valence-corrected chi connectivity index (χ0v) is 17.9. The van der Waals surface area contributed by atoms with Crippen LogP contribution in [0.5, 0.6) is 0 Å². The first kappa shape index (κ1) is 20.8. The van der Waals surface area contributed by atoms with E-state index in [0.717, 1.165) is 30.8 Å². The van der Waals surface area contributed by atoms with Crippen LogP contribution >= 0.6 is 0 Å². The second-order valence-electron chi connectivity index (χ2n) is 9.10. The van der Waals surface area contributed by atoms with Gasteiger partial charge in [-0.05, 0) is 79.9 Å². The lowest BCUT2D eigenvalue weighted by Crippen LogP contribution is -2.50. The van der Waals surface area contributed by atoms with Crippen LogP contribution in [0.3, 0.4) is 0 Å². The number of carbonyl (C=O) groups excluding carboxylic acids is 1. The van der Waals surface area contributed by atoms with Crippen LogP contribution in [0.15, 0.2) is 41.3 Å². The minimum absolute atomic E-state index is 0.145. The van der Waals surface area contributed by atoms with Crippen molar-refractivity contribution in [3.63, 3.8) is 0 Å². The standard InChI is InChI=1S/C24H31N3O3/c1-14(2)16-5-4-6-19(9-16)27-8-7-15(3)22(24(27)30)23(29)26-20-10-17-12-25-13-18(17)11-21(20)28/h4-9,14,17-18,20-21,25,28H,10-13H2,1-3H3,(H,26,29)/t17-,18+,20-,21-/m0/s1. The van der Waals surface area contributed by atoms with Crippen LogP contribution in [0.2, 0.25) is 0 Å². The number of pyridine rings is 1. The average Bonchev–Trinajstić information content (AvgIpc) is 3.15. The number of aliphatic hydroxyl groups excluding tert-OH is 1. The van der Waals surface area contributed by atoms with Gasteiger partial charge in [-0.15, -0.1) is 0 Å². The van der Waals surface area contributed by atoms with Gasteiger partial charge in [-0.2, -0.15) is 0 Å². The minimum Gasteiger partial charge on any atom is -0.391 e. The zero-order valence-electron chi connectivity index (χ0n) is 17.9. The molecule has 2 aliphatic rings. The van der Waals surface area contributed by atoms with Crippen molar-refractivity contribution in [1.82, 2.24) is 15.2 Å². The van der Waals surface area contributed by atoms with E-state index in [4.69, 9.17) is 0 Å². The Balaban J connectivity index is 1.61. The second kappa shape index (κ2) is 8.36. The van der Waals surface area contributed by atoms with E-state index in [2.05, 4.69) is 24.5 Å². The summed E-state index contributed by atoms with van der Waals surface area (Å²) < 4.78 is 1.53. The van der Waals surface area contributed by atoms with Crippen molar-refractivity contribution in [2.75, 3.05) is 13.1 Å². The summed E-state index contributed by atoms with van der Waals surface area (Å²) in [6, 6.07) is 9.31. The van der Waals surface area contributed by atoms with Gasteiger partial charge >= 0.3 is 0 Å². The lowest BCUT2D eigenvalue weighted by atomic mass is 9.77. The van der Waals surface area contributed by atoms with Crippen molar-refractivity contribution >= 4 is 5.91 Å². The van der Waals surface area contributed by atoms with E-state index in [1.54, 1.807) is 19.2 Å². The van der Waals surface area contributed by atoms with Gasteiger partial charge in [0.15, 0.2) is 0 Å². The molecule has 2 aromatic rings. The Kier molecular flexibility index (Phi) is 5.80. The van der Waals surface area contributed by atoms with Crippen LogP contribution in [0.4, 0.5) is 0 Å². The minimum atomic E-state index is -0.580. The van der Waals surface area contributed by atoms with Gasteiger partial charge < -0.3 is 15.7 Å². The van der Waals surface area contributed by atoms with E-state index in [1.165, 1.54) is 4.57 Å². The van der Waals surface area contributed by atoms with Gasteiger partial charge in [0.25, 0.3) is 11.5 Å². The van der Waals surface area contributed by atoms with Gasteiger partial charge in [0.05, 0.1) is 12.1 Å². The summed E-state index contributed by atoms with van der Waals surface area (Å²) in [7, 11) is 0. The molecule has 6 heteroatoms. The highest BCUT2D eigenvalue weighted by molar-refractivity contribution is 5.95. The molecule has 0 spiro atoms. The first-order valence-corrected chi connectivity index (χ1v) is 10.9. The molecule has 0 radical (unpaired) electrons. The highest BCUT2D eigenvalue weighted by atomic mass is 16.3. The maximum atomic E-state index is 13.2. The molecule has 4 rings (SSSR count). The van der Waals surface area contributed by atoms with Gasteiger partial charge in [0.1, 0.15) is 5.56 Å². The molecular weight excluding hydrogens is 378 g/mol. The van der Waals surface area contributed by atoms with E-state index >= 15 is 0 Å². The first-order valence-electron chi connectivity index (χ1n) is 10.9. The summed E-state index contributed by atoms with van der Waals surface area (Å²) in [4.78, 5) is 26.3. The van der Waals surface area contributed by atoms with Gasteiger partial charge in [-0.3, -0.25) is 14.2 Å². The van der Waals surface area contributed by atoms with Gasteiger partial charge in [0, 0.05) is 11.9 Å². The third-order valence-corrected chi connectivity index (χ3v) is 6.70. The molecule has 2 fully saturated rings. The molecule has 160 valence electrons. The van der Waals surface area contributed by atoms with E-state index in [9.17, 15) is 14.7 Å². The molecule has 1 aromatic carbocycles. The second-order valence-corrected chi connectivity index (χ2v) is 9.10. The topological polar surface area (TPSA) is 83.4 Å². The number of hydrogen-bond acceptors (Lipinski definition) is 4. The maximum absolute atomic E-state index is 13.2. The molecule has 6 nitrogen and oxygen atoms in total. The molecule has 3 N–H and O–H groups in total. The van der Waals surface area contributed by atoms with Crippen LogP contribution in [0.25, 0.3) is 5.69 Å². The Labute approximate surface area is 177 Å². The Morgan fingerprint density at radius 3 is 2.67 bits per heavy atom. The molecule has 0 unspecified atom stereocenters. The van der Waals surface area contributed by atoms with Gasteiger partial charge in [0.2, 0.25) is 0 Å². The fourth-order valence-corrected chi connectivity index (χ4v) is 4.83. The molecule has 0 bridgehead atoms. The summed E-state index contributed by atoms with van der Waals surface area (Å²) in [5.41, 5.74) is 2.33. The first-order chi connectivity index (χ1) is 14.3. The molecule has 1 saturated heterocycles. The summed E-state index contributed by atoms with van der Waals surface area (Å²) in [5, 5.41) is 16.9. The molecule has 2 heterocycles. The number of hydrogen-bond donors (Lipinski definition) is 3. The largest absolute Gasteiger partial charge is 0.391 e. The van der Waals surface area contributed by atoms with Crippen molar-refractivity contribution < 1.29 is 9.90 Å². The monoisotopic (exact) mass is 409 g/mol. The lowest BCUT2D eigenvalue weighted by Gasteiger charge is -2.35. The van der Waals surface area contributed by atoms with Crippen molar-refractivity contribution in [1.29, 1.82) is 0 Å². The third-order valence-electron chi connectivity index (χ3n) is 6.70. The number of nitrogens with one attached hydrogen (secondary N) is 2. The molecule has 1 amide bonds. The number of aromatic nitrogens is 1. The Bertz CT molecular complexity index is 997. The Morgan fingerprint density at radius 1 is 1.20 bits per heavy atom. The molecule has 4 atom stereocenters. The van der Waals surface area contributed by atoms with E-state index in [1.807, 2.05) is 24.3 Å². The number of nitrogens with zero attached hydrogens (tertiary/aromatic N) is 1. The van der Waals surface area contributed by atoms with Crippen molar-refractivity contribution in [2.24, 2.45) is 11.8 Å². The zero-order chi connectivity index (χ0) is 21.4. The molecule has 1 saturated carbocycles. The number of benzene rings is 1. The lowest BCUT2D eigenvalue weighted by molar-refractivity contribution is 0.0461. The molecule has 1 aliphatic heterocycles. The van der Waals surface area contributed by atoms with Crippen LogP contribution in [-0.4, -0.2) is 40.8 Å². The van der Waals surface area contributed by atoms with Crippen molar-refractivity contribution in [3.05, 3.63) is 63.6 Å². The fourth-order valence-electron chi connectivity index (χ4n) is 4.83. The maximum Gasteiger partial charge on any atom is 0.268 e. The van der Waals surface area contributed by atoms with E-state index in [0.29, 0.717) is 29.7 Å². The van der Waals surface area contributed by atoms with Crippen LogP contribution in [-0.2, 0) is 0 Å². The highest BCUT2D eigenvalue weighted by Crippen LogP contribution is 2.33. The summed E-state index contributed by atoms with van der Waals surface area (Å²) >= 11 is 0. The van der Waals surface area contributed by atoms with Gasteiger partial charge in [-0.1, -0.05) is 26.0 Å². The van der Waals surface area contributed by atoms with Crippen LogP contribution in [0, 0.1) is 18.8 Å². The fraction of sp³-hybridized carbons (Fsp3) is 0.500. The van der Waals surface area contributed by atoms with Crippen LogP contribution < -0.4 is 16.2 Å².